The number of aliphatic hydroxyl groups is 1. The molecule has 0 aliphatic heterocycles. The summed E-state index contributed by atoms with van der Waals surface area (Å²) in [5, 5.41) is 12.2. The van der Waals surface area contributed by atoms with Gasteiger partial charge in [-0.3, -0.25) is 0 Å². The molecule has 1 saturated carbocycles. The zero-order valence-corrected chi connectivity index (χ0v) is 9.75. The Kier molecular flexibility index (Phi) is 3.97. The van der Waals surface area contributed by atoms with Crippen molar-refractivity contribution in [1.82, 2.24) is 5.32 Å². The molecular weight excluding hydrogens is 194 g/mol. The smallest absolute Gasteiger partial charge is 0.407 e. The number of carbonyl (C=O) groups excluding carboxylic acids is 1. The molecule has 2 unspecified atom stereocenters. The van der Waals surface area contributed by atoms with Crippen LogP contribution in [0.2, 0.25) is 0 Å². The summed E-state index contributed by atoms with van der Waals surface area (Å²) >= 11 is 0. The minimum absolute atomic E-state index is 0.192. The van der Waals surface area contributed by atoms with Gasteiger partial charge in [0.15, 0.2) is 0 Å². The molecule has 0 spiro atoms. The maximum Gasteiger partial charge on any atom is 0.407 e. The lowest BCUT2D eigenvalue weighted by Crippen LogP contribution is -2.36. The largest absolute Gasteiger partial charge is 0.444 e. The Morgan fingerprint density at radius 1 is 1.47 bits per heavy atom. The Morgan fingerprint density at radius 2 is 2.13 bits per heavy atom. The second kappa shape index (κ2) is 4.84. The van der Waals surface area contributed by atoms with E-state index in [1.54, 1.807) is 0 Å². The molecule has 1 aliphatic carbocycles. The van der Waals surface area contributed by atoms with Crippen LogP contribution in [0, 0.1) is 5.92 Å². The summed E-state index contributed by atoms with van der Waals surface area (Å²) in [6, 6.07) is 0. The van der Waals surface area contributed by atoms with Gasteiger partial charge >= 0.3 is 6.09 Å². The number of rotatable bonds is 2. The van der Waals surface area contributed by atoms with E-state index in [2.05, 4.69) is 5.32 Å². The summed E-state index contributed by atoms with van der Waals surface area (Å²) < 4.78 is 5.10. The maximum absolute atomic E-state index is 11.3. The minimum atomic E-state index is -0.460. The molecule has 4 heteroatoms. The summed E-state index contributed by atoms with van der Waals surface area (Å²) in [5.74, 6) is 0.192. The van der Waals surface area contributed by atoms with Crippen molar-refractivity contribution in [3.05, 3.63) is 0 Å². The molecule has 2 N–H and O–H groups in total. The van der Waals surface area contributed by atoms with Crippen molar-refractivity contribution in [3.8, 4) is 0 Å². The Labute approximate surface area is 91.0 Å². The van der Waals surface area contributed by atoms with Crippen LogP contribution < -0.4 is 5.32 Å². The zero-order valence-electron chi connectivity index (χ0n) is 9.75. The van der Waals surface area contributed by atoms with Crippen molar-refractivity contribution in [1.29, 1.82) is 0 Å². The van der Waals surface area contributed by atoms with E-state index in [1.165, 1.54) is 0 Å². The first-order chi connectivity index (χ1) is 6.88. The Morgan fingerprint density at radius 3 is 2.60 bits per heavy atom. The normalized spacial score (nSPS) is 26.4. The quantitative estimate of drug-likeness (QED) is 0.736. The summed E-state index contributed by atoms with van der Waals surface area (Å²) in [6.07, 6.45) is 2.21. The molecule has 0 aromatic rings. The van der Waals surface area contributed by atoms with Gasteiger partial charge in [0.2, 0.25) is 0 Å². The lowest BCUT2D eigenvalue weighted by molar-refractivity contribution is 0.0500. The van der Waals surface area contributed by atoms with Gasteiger partial charge in [-0.25, -0.2) is 4.79 Å². The van der Waals surface area contributed by atoms with Crippen LogP contribution >= 0.6 is 0 Å². The Bertz CT molecular complexity index is 222. The van der Waals surface area contributed by atoms with Crippen molar-refractivity contribution in [3.63, 3.8) is 0 Å². The molecule has 0 aromatic heterocycles. The highest BCUT2D eigenvalue weighted by Gasteiger charge is 2.26. The van der Waals surface area contributed by atoms with Crippen LogP contribution in [0.1, 0.15) is 40.0 Å². The predicted molar refractivity (Wildman–Crippen MR) is 57.6 cm³/mol. The van der Waals surface area contributed by atoms with Crippen LogP contribution in [0.15, 0.2) is 0 Å². The molecule has 0 aromatic carbocycles. The van der Waals surface area contributed by atoms with E-state index in [0.29, 0.717) is 6.54 Å². The molecule has 0 radical (unpaired) electrons. The number of carbonyl (C=O) groups is 1. The predicted octanol–water partition coefficient (Wildman–Crippen LogP) is 1.67. The van der Waals surface area contributed by atoms with Crippen LogP contribution in [-0.4, -0.2) is 29.4 Å². The zero-order chi connectivity index (χ0) is 11.5. The fraction of sp³-hybridized carbons (Fsp3) is 0.909. The second-order valence-corrected chi connectivity index (χ2v) is 5.14. The van der Waals surface area contributed by atoms with Gasteiger partial charge in [0, 0.05) is 12.5 Å². The molecule has 1 amide bonds. The van der Waals surface area contributed by atoms with Gasteiger partial charge in [0.05, 0.1) is 6.10 Å². The number of nitrogens with one attached hydrogen (secondary N) is 1. The van der Waals surface area contributed by atoms with Gasteiger partial charge in [-0.2, -0.15) is 0 Å². The molecule has 0 heterocycles. The van der Waals surface area contributed by atoms with E-state index in [-0.39, 0.29) is 12.0 Å². The molecular formula is C11H21NO3. The third-order valence-corrected chi connectivity index (χ3v) is 2.53. The van der Waals surface area contributed by atoms with Gasteiger partial charge in [-0.1, -0.05) is 6.42 Å². The fourth-order valence-corrected chi connectivity index (χ4v) is 1.78. The number of amides is 1. The van der Waals surface area contributed by atoms with Crippen LogP contribution in [0.25, 0.3) is 0 Å². The van der Waals surface area contributed by atoms with Crippen molar-refractivity contribution in [2.45, 2.75) is 51.7 Å². The van der Waals surface area contributed by atoms with Gasteiger partial charge in [0.1, 0.15) is 5.60 Å². The van der Waals surface area contributed by atoms with Crippen LogP contribution in [0.3, 0.4) is 0 Å². The molecule has 0 bridgehead atoms. The van der Waals surface area contributed by atoms with E-state index < -0.39 is 11.7 Å². The number of alkyl carbamates (subject to hydrolysis) is 1. The molecule has 0 saturated heterocycles. The van der Waals surface area contributed by atoms with Crippen molar-refractivity contribution >= 4 is 6.09 Å². The number of ether oxygens (including phenoxy) is 1. The number of aliphatic hydroxyl groups excluding tert-OH is 1. The lowest BCUT2D eigenvalue weighted by Gasteiger charge is -2.21. The average Bonchev–Trinajstić information content (AvgIpc) is 2.44. The Hall–Kier alpha value is -0.770. The molecule has 4 nitrogen and oxygen atoms in total. The van der Waals surface area contributed by atoms with Gasteiger partial charge in [-0.15, -0.1) is 0 Å². The van der Waals surface area contributed by atoms with Gasteiger partial charge in [0.25, 0.3) is 0 Å². The highest BCUT2D eigenvalue weighted by molar-refractivity contribution is 5.67. The van der Waals surface area contributed by atoms with Gasteiger partial charge in [-0.05, 0) is 33.6 Å². The average molecular weight is 215 g/mol. The molecule has 2 atom stereocenters. The third kappa shape index (κ3) is 4.51. The topological polar surface area (TPSA) is 58.6 Å². The van der Waals surface area contributed by atoms with Crippen molar-refractivity contribution in [2.24, 2.45) is 5.92 Å². The SMILES string of the molecule is CC(C)(C)OC(=O)NCC1CCCC1O. The van der Waals surface area contributed by atoms with E-state index in [4.69, 9.17) is 4.74 Å². The Balaban J connectivity index is 2.22. The second-order valence-electron chi connectivity index (χ2n) is 5.14. The van der Waals surface area contributed by atoms with Crippen LogP contribution in [0.5, 0.6) is 0 Å². The van der Waals surface area contributed by atoms with Crippen LogP contribution in [0.4, 0.5) is 4.79 Å². The van der Waals surface area contributed by atoms with Crippen molar-refractivity contribution in [2.75, 3.05) is 6.54 Å². The molecule has 15 heavy (non-hydrogen) atoms. The minimum Gasteiger partial charge on any atom is -0.444 e. The van der Waals surface area contributed by atoms with Crippen LogP contribution in [-0.2, 0) is 4.74 Å². The number of hydrogen-bond acceptors (Lipinski definition) is 3. The molecule has 1 fully saturated rings. The summed E-state index contributed by atoms with van der Waals surface area (Å²) in [6.45, 7) is 6.00. The standard InChI is InChI=1S/C11H21NO3/c1-11(2,3)15-10(14)12-7-8-5-4-6-9(8)13/h8-9,13H,4-7H2,1-3H3,(H,12,14). The first kappa shape index (κ1) is 12.3. The van der Waals surface area contributed by atoms with Gasteiger partial charge < -0.3 is 15.2 Å². The molecule has 1 rings (SSSR count). The third-order valence-electron chi connectivity index (χ3n) is 2.53. The summed E-state index contributed by atoms with van der Waals surface area (Å²) in [4.78, 5) is 11.3. The molecule has 1 aliphatic rings. The van der Waals surface area contributed by atoms with E-state index in [0.717, 1.165) is 19.3 Å². The lowest BCUT2D eigenvalue weighted by atomic mass is 10.1. The first-order valence-electron chi connectivity index (χ1n) is 5.53. The fourth-order valence-electron chi connectivity index (χ4n) is 1.78. The van der Waals surface area contributed by atoms with E-state index >= 15 is 0 Å². The maximum atomic E-state index is 11.3. The van der Waals surface area contributed by atoms with Crippen molar-refractivity contribution < 1.29 is 14.6 Å². The number of hydrogen-bond donors (Lipinski definition) is 2. The van der Waals surface area contributed by atoms with E-state index in [9.17, 15) is 9.90 Å². The monoisotopic (exact) mass is 215 g/mol. The molecule has 88 valence electrons. The summed E-state index contributed by atoms with van der Waals surface area (Å²) in [7, 11) is 0. The first-order valence-corrected chi connectivity index (χ1v) is 5.53. The van der Waals surface area contributed by atoms with E-state index in [1.807, 2.05) is 20.8 Å². The highest BCUT2D eigenvalue weighted by atomic mass is 16.6. The summed E-state index contributed by atoms with van der Waals surface area (Å²) in [5.41, 5.74) is -0.460. The highest BCUT2D eigenvalue weighted by Crippen LogP contribution is 2.24.